The van der Waals surface area contributed by atoms with Gasteiger partial charge >= 0.3 is 6.09 Å². The molecule has 0 bridgehead atoms. The Morgan fingerprint density at radius 1 is 0.775 bits per heavy atom. The van der Waals surface area contributed by atoms with E-state index in [1.54, 1.807) is 27.7 Å². The van der Waals surface area contributed by atoms with Crippen molar-refractivity contribution in [1.29, 1.82) is 0 Å². The molecular formula is C33H49N3O4. The van der Waals surface area contributed by atoms with Gasteiger partial charge in [0.05, 0.1) is 0 Å². The molecule has 7 nitrogen and oxygen atoms in total. The van der Waals surface area contributed by atoms with Crippen LogP contribution in [0, 0.1) is 0 Å². The maximum atomic E-state index is 13.7. The van der Waals surface area contributed by atoms with Crippen LogP contribution >= 0.6 is 0 Å². The number of alkyl carbamates (subject to hydrolysis) is 1. The highest BCUT2D eigenvalue weighted by Crippen LogP contribution is 2.16. The average molecular weight is 552 g/mol. The van der Waals surface area contributed by atoms with E-state index in [9.17, 15) is 14.4 Å². The minimum absolute atomic E-state index is 0.244. The topological polar surface area (TPSA) is 96.5 Å². The molecule has 0 aliphatic heterocycles. The second kappa shape index (κ2) is 16.7. The van der Waals surface area contributed by atoms with E-state index in [0.717, 1.165) is 30.4 Å². The zero-order valence-electron chi connectivity index (χ0n) is 25.1. The Kier molecular flexibility index (Phi) is 13.7. The van der Waals surface area contributed by atoms with Gasteiger partial charge in [-0.25, -0.2) is 4.79 Å². The summed E-state index contributed by atoms with van der Waals surface area (Å²) in [5, 5.41) is 8.75. The molecular weight excluding hydrogens is 502 g/mol. The maximum Gasteiger partial charge on any atom is 0.408 e. The Balaban J connectivity index is 2.15. The lowest BCUT2D eigenvalue weighted by molar-refractivity contribution is -0.133. The number of unbranched alkanes of at least 4 members (excludes halogenated alkanes) is 6. The molecule has 0 radical (unpaired) electrons. The van der Waals surface area contributed by atoms with Gasteiger partial charge in [0.1, 0.15) is 17.2 Å². The monoisotopic (exact) mass is 551 g/mol. The van der Waals surface area contributed by atoms with Crippen LogP contribution in [0.5, 0.6) is 0 Å². The second-order valence-corrected chi connectivity index (χ2v) is 11.7. The summed E-state index contributed by atoms with van der Waals surface area (Å²) in [5.74, 6) is -0.689. The van der Waals surface area contributed by atoms with E-state index >= 15 is 0 Å². The third-order valence-corrected chi connectivity index (χ3v) is 6.66. The molecule has 0 fully saturated rings. The first-order valence-corrected chi connectivity index (χ1v) is 14.7. The van der Waals surface area contributed by atoms with E-state index in [0.29, 0.717) is 13.0 Å². The van der Waals surface area contributed by atoms with Gasteiger partial charge in [-0.1, -0.05) is 106 Å². The van der Waals surface area contributed by atoms with Gasteiger partial charge in [0.25, 0.3) is 0 Å². The highest BCUT2D eigenvalue weighted by molar-refractivity contribution is 5.94. The lowest BCUT2D eigenvalue weighted by atomic mass is 9.90. The Morgan fingerprint density at radius 3 is 1.90 bits per heavy atom. The summed E-state index contributed by atoms with van der Waals surface area (Å²) >= 11 is 0. The number of benzene rings is 2. The summed E-state index contributed by atoms with van der Waals surface area (Å²) in [6.07, 6.45) is 7.96. The number of rotatable bonds is 16. The molecule has 3 amide bonds. The van der Waals surface area contributed by atoms with Crippen molar-refractivity contribution in [1.82, 2.24) is 16.0 Å². The first kappa shape index (κ1) is 32.9. The zero-order chi connectivity index (χ0) is 29.4. The number of carbonyl (C=O) groups is 3. The van der Waals surface area contributed by atoms with Gasteiger partial charge < -0.3 is 20.7 Å². The molecule has 0 aromatic heterocycles. The summed E-state index contributed by atoms with van der Waals surface area (Å²) in [6, 6.07) is 18.2. The predicted molar refractivity (Wildman–Crippen MR) is 161 cm³/mol. The number of hydrogen-bond donors (Lipinski definition) is 3. The molecule has 2 aromatic carbocycles. The smallest absolute Gasteiger partial charge is 0.408 e. The van der Waals surface area contributed by atoms with E-state index < -0.39 is 29.2 Å². The Bertz CT molecular complexity index is 1040. The number of hydrogen-bond acceptors (Lipinski definition) is 4. The molecule has 0 saturated heterocycles. The van der Waals surface area contributed by atoms with Gasteiger partial charge in [-0.3, -0.25) is 9.59 Å². The fourth-order valence-electron chi connectivity index (χ4n) is 4.53. The van der Waals surface area contributed by atoms with Gasteiger partial charge in [0.2, 0.25) is 11.8 Å². The molecule has 0 aliphatic rings. The maximum absolute atomic E-state index is 13.7. The van der Waals surface area contributed by atoms with Crippen molar-refractivity contribution in [2.24, 2.45) is 0 Å². The number of carbonyl (C=O) groups excluding carboxylic acids is 3. The minimum atomic E-state index is -1.22. The van der Waals surface area contributed by atoms with Gasteiger partial charge in [-0.2, -0.15) is 0 Å². The number of nitrogens with one attached hydrogen (secondary N) is 3. The van der Waals surface area contributed by atoms with Crippen molar-refractivity contribution >= 4 is 17.9 Å². The highest BCUT2D eigenvalue weighted by Gasteiger charge is 2.37. The van der Waals surface area contributed by atoms with Crippen molar-refractivity contribution in [3.8, 4) is 0 Å². The van der Waals surface area contributed by atoms with Crippen molar-refractivity contribution in [2.75, 3.05) is 6.54 Å². The summed E-state index contributed by atoms with van der Waals surface area (Å²) in [4.78, 5) is 39.9. The summed E-state index contributed by atoms with van der Waals surface area (Å²) in [6.45, 7) is 9.81. The van der Waals surface area contributed by atoms with Crippen molar-refractivity contribution in [2.45, 2.75) is 110 Å². The second-order valence-electron chi connectivity index (χ2n) is 11.7. The molecule has 7 heteroatoms. The SMILES string of the molecule is CCCCCCCCCNC(=O)C(C)(Cc1ccccc1)NC(=O)[C@H](Cc1ccccc1)NC(=O)OC(C)(C)C. The standard InChI is InChI=1S/C33H49N3O4/c1-6-7-8-9-10-11-18-23-34-30(38)33(5,25-27-21-16-13-17-22-27)36-29(37)28(24-26-19-14-12-15-20-26)35-31(39)40-32(2,3)4/h12-17,19-22,28H,6-11,18,23-25H2,1-5H3,(H,34,38)(H,35,39)(H,36,37)/t28-,33?/m0/s1. The van der Waals surface area contributed by atoms with Crippen LogP contribution in [-0.2, 0) is 27.2 Å². The van der Waals surface area contributed by atoms with E-state index in [1.807, 2.05) is 60.7 Å². The number of ether oxygens (including phenoxy) is 1. The predicted octanol–water partition coefficient (Wildman–Crippen LogP) is 6.11. The van der Waals surface area contributed by atoms with E-state index in [2.05, 4.69) is 22.9 Å². The zero-order valence-corrected chi connectivity index (χ0v) is 25.1. The van der Waals surface area contributed by atoms with Gasteiger partial charge in [0.15, 0.2) is 0 Å². The third-order valence-electron chi connectivity index (χ3n) is 6.66. The first-order valence-electron chi connectivity index (χ1n) is 14.7. The van der Waals surface area contributed by atoms with Crippen LogP contribution < -0.4 is 16.0 Å². The van der Waals surface area contributed by atoms with Crippen LogP contribution in [0.2, 0.25) is 0 Å². The first-order chi connectivity index (χ1) is 19.0. The molecule has 2 rings (SSSR count). The Morgan fingerprint density at radius 2 is 1.32 bits per heavy atom. The van der Waals surface area contributed by atoms with Crippen molar-refractivity contribution < 1.29 is 19.1 Å². The molecule has 40 heavy (non-hydrogen) atoms. The van der Waals surface area contributed by atoms with Gasteiger partial charge in [-0.15, -0.1) is 0 Å². The molecule has 2 aromatic rings. The van der Waals surface area contributed by atoms with Crippen LogP contribution in [-0.4, -0.2) is 41.6 Å². The molecule has 2 atom stereocenters. The van der Waals surface area contributed by atoms with E-state index in [1.165, 1.54) is 25.7 Å². The quantitative estimate of drug-likeness (QED) is 0.219. The molecule has 0 heterocycles. The minimum Gasteiger partial charge on any atom is -0.444 e. The fourth-order valence-corrected chi connectivity index (χ4v) is 4.53. The normalized spacial score (nSPS) is 13.5. The molecule has 0 saturated carbocycles. The van der Waals surface area contributed by atoms with Crippen molar-refractivity contribution in [3.63, 3.8) is 0 Å². The fraction of sp³-hybridized carbons (Fsp3) is 0.545. The lowest BCUT2D eigenvalue weighted by Gasteiger charge is -2.32. The van der Waals surface area contributed by atoms with Crippen LogP contribution in [0.3, 0.4) is 0 Å². The van der Waals surface area contributed by atoms with Crippen molar-refractivity contribution in [3.05, 3.63) is 71.8 Å². The Hall–Kier alpha value is -3.35. The number of amides is 3. The van der Waals surface area contributed by atoms with Gasteiger partial charge in [0, 0.05) is 19.4 Å². The molecule has 3 N–H and O–H groups in total. The van der Waals surface area contributed by atoms with Crippen LogP contribution in [0.25, 0.3) is 0 Å². The summed E-state index contributed by atoms with van der Waals surface area (Å²) in [7, 11) is 0. The van der Waals surface area contributed by atoms with Gasteiger partial charge in [-0.05, 0) is 45.2 Å². The largest absolute Gasteiger partial charge is 0.444 e. The lowest BCUT2D eigenvalue weighted by Crippen LogP contribution is -2.62. The average Bonchev–Trinajstić information content (AvgIpc) is 2.89. The summed E-state index contributed by atoms with van der Waals surface area (Å²) in [5.41, 5.74) is -0.123. The van der Waals surface area contributed by atoms with E-state index in [-0.39, 0.29) is 12.3 Å². The molecule has 0 aliphatic carbocycles. The summed E-state index contributed by atoms with van der Waals surface area (Å²) < 4.78 is 5.43. The molecule has 220 valence electrons. The molecule has 0 spiro atoms. The van der Waals surface area contributed by atoms with E-state index in [4.69, 9.17) is 4.74 Å². The van der Waals surface area contributed by atoms with Crippen LogP contribution in [0.1, 0.15) is 90.7 Å². The molecule has 1 unspecified atom stereocenters. The Labute approximate surface area is 240 Å². The third kappa shape index (κ3) is 12.7. The van der Waals surface area contributed by atoms with Crippen LogP contribution in [0.4, 0.5) is 4.79 Å². The van der Waals surface area contributed by atoms with Crippen LogP contribution in [0.15, 0.2) is 60.7 Å². The highest BCUT2D eigenvalue weighted by atomic mass is 16.6.